The van der Waals surface area contributed by atoms with Gasteiger partial charge in [0.15, 0.2) is 6.54 Å². The third kappa shape index (κ3) is 4.56. The minimum Gasteiger partial charge on any atom is -0.366 e. The third-order valence-electron chi connectivity index (χ3n) is 3.86. The SMILES string of the molecule is NC(=O)c1cc(-c2ccccc2)sc1NC(=O)C[NH2+]Cc1ccccc1. The monoisotopic (exact) mass is 366 g/mol. The lowest BCUT2D eigenvalue weighted by molar-refractivity contribution is -0.659. The van der Waals surface area contributed by atoms with Gasteiger partial charge in [0.2, 0.25) is 0 Å². The van der Waals surface area contributed by atoms with Gasteiger partial charge in [0.25, 0.3) is 11.8 Å². The Morgan fingerprint density at radius 2 is 1.65 bits per heavy atom. The molecule has 0 bridgehead atoms. The maximum atomic E-state index is 12.2. The number of thiophene rings is 1. The van der Waals surface area contributed by atoms with E-state index in [0.29, 0.717) is 10.6 Å². The van der Waals surface area contributed by atoms with Gasteiger partial charge in [0, 0.05) is 10.4 Å². The minimum absolute atomic E-state index is 0.162. The zero-order chi connectivity index (χ0) is 18.4. The highest BCUT2D eigenvalue weighted by Crippen LogP contribution is 2.35. The molecule has 26 heavy (non-hydrogen) atoms. The molecule has 0 fully saturated rings. The molecule has 0 spiro atoms. The highest BCUT2D eigenvalue weighted by Gasteiger charge is 2.17. The van der Waals surface area contributed by atoms with Crippen molar-refractivity contribution in [1.82, 2.24) is 0 Å². The molecular weight excluding hydrogens is 346 g/mol. The minimum atomic E-state index is -0.549. The lowest BCUT2D eigenvalue weighted by atomic mass is 10.1. The van der Waals surface area contributed by atoms with Crippen LogP contribution < -0.4 is 16.4 Å². The van der Waals surface area contributed by atoms with Crippen LogP contribution in [-0.2, 0) is 11.3 Å². The first-order chi connectivity index (χ1) is 12.6. The Morgan fingerprint density at radius 3 is 2.31 bits per heavy atom. The number of hydrogen-bond donors (Lipinski definition) is 3. The first-order valence-electron chi connectivity index (χ1n) is 8.28. The number of amides is 2. The number of hydrogen-bond acceptors (Lipinski definition) is 3. The average Bonchev–Trinajstić information content (AvgIpc) is 3.07. The van der Waals surface area contributed by atoms with E-state index in [9.17, 15) is 9.59 Å². The van der Waals surface area contributed by atoms with E-state index >= 15 is 0 Å². The average molecular weight is 366 g/mol. The molecule has 0 atom stereocenters. The van der Waals surface area contributed by atoms with Gasteiger partial charge in [-0.2, -0.15) is 0 Å². The van der Waals surface area contributed by atoms with Crippen LogP contribution in [0.25, 0.3) is 10.4 Å². The van der Waals surface area contributed by atoms with Crippen molar-refractivity contribution in [2.24, 2.45) is 5.73 Å². The van der Waals surface area contributed by atoms with Crippen LogP contribution in [0.1, 0.15) is 15.9 Å². The van der Waals surface area contributed by atoms with Crippen LogP contribution in [0.15, 0.2) is 66.7 Å². The molecule has 5 N–H and O–H groups in total. The summed E-state index contributed by atoms with van der Waals surface area (Å²) in [6, 6.07) is 21.4. The fourth-order valence-corrected chi connectivity index (χ4v) is 3.66. The van der Waals surface area contributed by atoms with Crippen molar-refractivity contribution in [3.63, 3.8) is 0 Å². The highest BCUT2D eigenvalue weighted by molar-refractivity contribution is 7.20. The summed E-state index contributed by atoms with van der Waals surface area (Å²) in [7, 11) is 0. The van der Waals surface area contributed by atoms with E-state index in [1.807, 2.05) is 66.0 Å². The van der Waals surface area contributed by atoms with Gasteiger partial charge >= 0.3 is 0 Å². The number of nitrogens with one attached hydrogen (secondary N) is 1. The van der Waals surface area contributed by atoms with Crippen LogP contribution in [-0.4, -0.2) is 18.4 Å². The lowest BCUT2D eigenvalue weighted by Crippen LogP contribution is -2.84. The molecule has 0 saturated heterocycles. The molecule has 0 aliphatic rings. The summed E-state index contributed by atoms with van der Waals surface area (Å²) in [4.78, 5) is 24.8. The van der Waals surface area contributed by atoms with Gasteiger partial charge in [0.05, 0.1) is 5.56 Å². The van der Waals surface area contributed by atoms with Crippen molar-refractivity contribution >= 4 is 28.2 Å². The maximum Gasteiger partial charge on any atom is 0.280 e. The molecule has 0 aliphatic heterocycles. The third-order valence-corrected chi connectivity index (χ3v) is 4.96. The van der Waals surface area contributed by atoms with E-state index in [0.717, 1.165) is 22.5 Å². The van der Waals surface area contributed by atoms with Crippen LogP contribution in [0.5, 0.6) is 0 Å². The Bertz CT molecular complexity index is 892. The van der Waals surface area contributed by atoms with Gasteiger partial charge in [0.1, 0.15) is 11.5 Å². The Morgan fingerprint density at radius 1 is 1.00 bits per heavy atom. The van der Waals surface area contributed by atoms with Gasteiger partial charge in [-0.25, -0.2) is 0 Å². The zero-order valence-corrected chi connectivity index (χ0v) is 15.0. The molecule has 132 valence electrons. The number of quaternary nitrogens is 1. The van der Waals surface area contributed by atoms with E-state index in [1.165, 1.54) is 11.3 Å². The molecule has 3 rings (SSSR count). The predicted octanol–water partition coefficient (Wildman–Crippen LogP) is 2.22. The van der Waals surface area contributed by atoms with Crippen LogP contribution in [0.3, 0.4) is 0 Å². The first kappa shape index (κ1) is 17.8. The van der Waals surface area contributed by atoms with E-state index in [4.69, 9.17) is 5.73 Å². The van der Waals surface area contributed by atoms with Gasteiger partial charge in [-0.15, -0.1) is 11.3 Å². The topological polar surface area (TPSA) is 88.8 Å². The number of benzene rings is 2. The van der Waals surface area contributed by atoms with Gasteiger partial charge in [-0.1, -0.05) is 60.7 Å². The molecule has 2 aromatic carbocycles. The van der Waals surface area contributed by atoms with E-state index in [-0.39, 0.29) is 12.5 Å². The molecule has 5 nitrogen and oxygen atoms in total. The Labute approximate surface area is 155 Å². The van der Waals surface area contributed by atoms with Crippen molar-refractivity contribution in [3.05, 3.63) is 77.9 Å². The van der Waals surface area contributed by atoms with Crippen molar-refractivity contribution < 1.29 is 14.9 Å². The van der Waals surface area contributed by atoms with Crippen LogP contribution in [0, 0.1) is 0 Å². The van der Waals surface area contributed by atoms with Crippen molar-refractivity contribution in [3.8, 4) is 10.4 Å². The van der Waals surface area contributed by atoms with Gasteiger partial charge in [-0.3, -0.25) is 9.59 Å². The summed E-state index contributed by atoms with van der Waals surface area (Å²) in [5, 5.41) is 5.23. The zero-order valence-electron chi connectivity index (χ0n) is 14.1. The van der Waals surface area contributed by atoms with Crippen LogP contribution in [0.4, 0.5) is 5.00 Å². The Hall–Kier alpha value is -2.96. The number of rotatable bonds is 7. The predicted molar refractivity (Wildman–Crippen MR) is 104 cm³/mol. The number of nitrogens with two attached hydrogens (primary N) is 2. The first-order valence-corrected chi connectivity index (χ1v) is 9.09. The summed E-state index contributed by atoms with van der Waals surface area (Å²) < 4.78 is 0. The number of carbonyl (C=O) groups excluding carboxylic acids is 2. The molecule has 0 aliphatic carbocycles. The Kier molecular flexibility index (Phi) is 5.78. The maximum absolute atomic E-state index is 12.2. The largest absolute Gasteiger partial charge is 0.366 e. The second-order valence-corrected chi connectivity index (χ2v) is 6.87. The lowest BCUT2D eigenvalue weighted by Gasteiger charge is -2.04. The Balaban J connectivity index is 1.65. The van der Waals surface area contributed by atoms with Crippen molar-refractivity contribution in [1.29, 1.82) is 0 Å². The summed E-state index contributed by atoms with van der Waals surface area (Å²) in [6.07, 6.45) is 0. The normalized spacial score (nSPS) is 10.5. The molecule has 6 heteroatoms. The van der Waals surface area contributed by atoms with E-state index in [2.05, 4.69) is 5.32 Å². The standard InChI is InChI=1S/C20H19N3O2S/c21-19(25)16-11-17(15-9-5-2-6-10-15)26-20(16)23-18(24)13-22-12-14-7-3-1-4-8-14/h1-11,22H,12-13H2,(H2,21,25)(H,23,24)/p+1. The van der Waals surface area contributed by atoms with Crippen molar-refractivity contribution in [2.75, 3.05) is 11.9 Å². The molecule has 0 unspecified atom stereocenters. The van der Waals surface area contributed by atoms with E-state index in [1.54, 1.807) is 6.07 Å². The van der Waals surface area contributed by atoms with E-state index < -0.39 is 5.91 Å². The summed E-state index contributed by atoms with van der Waals surface area (Å²) >= 11 is 1.35. The van der Waals surface area contributed by atoms with Gasteiger partial charge < -0.3 is 16.4 Å². The molecule has 2 amide bonds. The second-order valence-electron chi connectivity index (χ2n) is 5.81. The summed E-state index contributed by atoms with van der Waals surface area (Å²) in [5.41, 5.74) is 7.94. The fraction of sp³-hybridized carbons (Fsp3) is 0.100. The van der Waals surface area contributed by atoms with Crippen molar-refractivity contribution in [2.45, 2.75) is 6.54 Å². The smallest absolute Gasteiger partial charge is 0.280 e. The fourth-order valence-electron chi connectivity index (χ4n) is 2.57. The molecule has 0 radical (unpaired) electrons. The summed E-state index contributed by atoms with van der Waals surface area (Å²) in [6.45, 7) is 0.988. The molecule has 3 aromatic rings. The highest BCUT2D eigenvalue weighted by atomic mass is 32.1. The van der Waals surface area contributed by atoms with Gasteiger partial charge in [-0.05, 0) is 11.6 Å². The molecular formula is C20H20N3O2S+. The molecule has 1 aromatic heterocycles. The quantitative estimate of drug-likeness (QED) is 0.598. The number of anilines is 1. The van der Waals surface area contributed by atoms with Crippen LogP contribution >= 0.6 is 11.3 Å². The summed E-state index contributed by atoms with van der Waals surface area (Å²) in [5.74, 6) is -0.711. The molecule has 1 heterocycles. The number of carbonyl (C=O) groups is 2. The number of primary amides is 1. The molecule has 0 saturated carbocycles. The van der Waals surface area contributed by atoms with Crippen LogP contribution in [0.2, 0.25) is 0 Å². The second kappa shape index (κ2) is 8.42.